The highest BCUT2D eigenvalue weighted by Gasteiger charge is 2.40. The third-order valence-corrected chi connectivity index (χ3v) is 4.53. The second kappa shape index (κ2) is 7.02. The van der Waals surface area contributed by atoms with Crippen LogP contribution in [-0.2, 0) is 16.1 Å². The van der Waals surface area contributed by atoms with Crippen LogP contribution in [0.5, 0.6) is 0 Å². The summed E-state index contributed by atoms with van der Waals surface area (Å²) in [7, 11) is 0. The summed E-state index contributed by atoms with van der Waals surface area (Å²) < 4.78 is 5.33. The Morgan fingerprint density at radius 3 is 2.43 bits per heavy atom. The van der Waals surface area contributed by atoms with Gasteiger partial charge >= 0.3 is 12.1 Å². The number of hydrogen-bond acceptors (Lipinski definition) is 3. The molecule has 0 radical (unpaired) electrons. The number of carboxylic acid groups (broad SMARTS) is 1. The van der Waals surface area contributed by atoms with Gasteiger partial charge in [-0.3, -0.25) is 4.90 Å². The Morgan fingerprint density at radius 2 is 1.87 bits per heavy atom. The van der Waals surface area contributed by atoms with Gasteiger partial charge in [-0.25, -0.2) is 9.59 Å². The van der Waals surface area contributed by atoms with E-state index in [4.69, 9.17) is 4.74 Å². The van der Waals surface area contributed by atoms with E-state index in [1.165, 1.54) is 4.90 Å². The van der Waals surface area contributed by atoms with Crippen LogP contribution in [0.15, 0.2) is 30.3 Å². The molecule has 0 spiro atoms. The fourth-order valence-corrected chi connectivity index (χ4v) is 2.94. The molecule has 1 heterocycles. The van der Waals surface area contributed by atoms with E-state index < -0.39 is 18.1 Å². The summed E-state index contributed by atoms with van der Waals surface area (Å²) in [6.07, 6.45) is 0.732. The molecule has 1 N–H and O–H groups in total. The van der Waals surface area contributed by atoms with Crippen molar-refractivity contribution in [2.45, 2.75) is 46.3 Å². The maximum Gasteiger partial charge on any atom is 0.410 e. The monoisotopic (exact) mass is 319 g/mol. The molecule has 0 unspecified atom stereocenters. The topological polar surface area (TPSA) is 66.8 Å². The minimum absolute atomic E-state index is 0.0292. The number of hydrogen-bond donors (Lipinski definition) is 1. The van der Waals surface area contributed by atoms with E-state index in [1.54, 1.807) is 0 Å². The Labute approximate surface area is 137 Å². The third kappa shape index (κ3) is 4.47. The van der Waals surface area contributed by atoms with Crippen molar-refractivity contribution in [3.63, 3.8) is 0 Å². The smallest absolute Gasteiger partial charge is 0.410 e. The summed E-state index contributed by atoms with van der Waals surface area (Å²) in [5, 5.41) is 9.38. The molecule has 0 bridgehead atoms. The van der Waals surface area contributed by atoms with Crippen LogP contribution in [-0.4, -0.2) is 34.7 Å². The number of amides is 1. The molecule has 23 heavy (non-hydrogen) atoms. The first-order valence-electron chi connectivity index (χ1n) is 7.99. The third-order valence-electron chi connectivity index (χ3n) is 4.53. The molecule has 5 nitrogen and oxygen atoms in total. The first-order chi connectivity index (χ1) is 10.8. The molecule has 1 aromatic rings. The maximum absolute atomic E-state index is 12.4. The number of ether oxygens (including phenoxy) is 1. The molecule has 1 saturated heterocycles. The summed E-state index contributed by atoms with van der Waals surface area (Å²) in [6.45, 7) is 6.93. The normalized spacial score (nSPS) is 21.8. The first-order valence-corrected chi connectivity index (χ1v) is 7.99. The molecule has 5 heteroatoms. The van der Waals surface area contributed by atoms with Crippen LogP contribution < -0.4 is 0 Å². The van der Waals surface area contributed by atoms with Crippen molar-refractivity contribution in [3.05, 3.63) is 35.9 Å². The fraction of sp³-hybridized carbons (Fsp3) is 0.556. The van der Waals surface area contributed by atoms with Crippen molar-refractivity contribution in [2.75, 3.05) is 6.54 Å². The van der Waals surface area contributed by atoms with Gasteiger partial charge in [0.1, 0.15) is 12.6 Å². The van der Waals surface area contributed by atoms with Gasteiger partial charge in [-0.1, -0.05) is 51.1 Å². The summed E-state index contributed by atoms with van der Waals surface area (Å²) >= 11 is 0. The standard InChI is InChI=1S/C18H25NO4/c1-18(2,3)14-9-10-15(16(20)21)19(11-14)17(22)23-12-13-7-5-4-6-8-13/h4-8,14-15H,9-12H2,1-3H3,(H,20,21)/t14-,15-/m1/s1. The number of rotatable bonds is 3. The summed E-state index contributed by atoms with van der Waals surface area (Å²) in [6, 6.07) is 8.59. The van der Waals surface area contributed by atoms with E-state index in [9.17, 15) is 14.7 Å². The number of aliphatic carboxylic acids is 1. The van der Waals surface area contributed by atoms with E-state index in [0.29, 0.717) is 13.0 Å². The Bertz CT molecular complexity index is 550. The largest absolute Gasteiger partial charge is 0.480 e. The molecule has 0 aromatic heterocycles. The average Bonchev–Trinajstić information content (AvgIpc) is 2.52. The van der Waals surface area contributed by atoms with Gasteiger partial charge in [0.15, 0.2) is 0 Å². The lowest BCUT2D eigenvalue weighted by Crippen LogP contribution is -2.52. The van der Waals surface area contributed by atoms with Gasteiger partial charge in [-0.15, -0.1) is 0 Å². The minimum atomic E-state index is -0.964. The Hall–Kier alpha value is -2.04. The van der Waals surface area contributed by atoms with Crippen LogP contribution in [0.4, 0.5) is 4.79 Å². The van der Waals surface area contributed by atoms with Crippen molar-refractivity contribution in [3.8, 4) is 0 Å². The molecule has 126 valence electrons. The lowest BCUT2D eigenvalue weighted by atomic mass is 9.75. The molecule has 1 aliphatic rings. The average molecular weight is 319 g/mol. The number of carbonyl (C=O) groups excluding carboxylic acids is 1. The van der Waals surface area contributed by atoms with Crippen LogP contribution in [0.2, 0.25) is 0 Å². The van der Waals surface area contributed by atoms with Crippen LogP contribution in [0.1, 0.15) is 39.2 Å². The van der Waals surface area contributed by atoms with Gasteiger partial charge in [-0.2, -0.15) is 0 Å². The summed E-state index contributed by atoms with van der Waals surface area (Å²) in [4.78, 5) is 25.2. The van der Waals surface area contributed by atoms with Gasteiger partial charge in [0.25, 0.3) is 0 Å². The molecule has 2 rings (SSSR count). The molecule has 2 atom stereocenters. The molecular weight excluding hydrogens is 294 g/mol. The van der Waals surface area contributed by atoms with Crippen molar-refractivity contribution in [1.29, 1.82) is 0 Å². The van der Waals surface area contributed by atoms with E-state index >= 15 is 0 Å². The van der Waals surface area contributed by atoms with Gasteiger partial charge in [0.05, 0.1) is 0 Å². The van der Waals surface area contributed by atoms with Crippen molar-refractivity contribution >= 4 is 12.1 Å². The minimum Gasteiger partial charge on any atom is -0.480 e. The van der Waals surface area contributed by atoms with Crippen LogP contribution in [0, 0.1) is 11.3 Å². The summed E-state index contributed by atoms with van der Waals surface area (Å²) in [5.41, 5.74) is 0.915. The summed E-state index contributed by atoms with van der Waals surface area (Å²) in [5.74, 6) is -0.698. The van der Waals surface area contributed by atoms with Gasteiger partial charge < -0.3 is 9.84 Å². The number of carboxylic acids is 1. The van der Waals surface area contributed by atoms with Gasteiger partial charge in [-0.05, 0) is 29.7 Å². The predicted octanol–water partition coefficient (Wildman–Crippen LogP) is 3.53. The molecule has 0 aliphatic carbocycles. The van der Waals surface area contributed by atoms with Crippen molar-refractivity contribution in [1.82, 2.24) is 4.90 Å². The lowest BCUT2D eigenvalue weighted by molar-refractivity contribution is -0.145. The zero-order chi connectivity index (χ0) is 17.0. The highest BCUT2D eigenvalue weighted by molar-refractivity contribution is 5.80. The fourth-order valence-electron chi connectivity index (χ4n) is 2.94. The molecule has 1 fully saturated rings. The Kier molecular flexibility index (Phi) is 5.29. The molecule has 0 saturated carbocycles. The number of nitrogens with zero attached hydrogens (tertiary/aromatic N) is 1. The number of piperidine rings is 1. The van der Waals surface area contributed by atoms with Crippen LogP contribution in [0.3, 0.4) is 0 Å². The van der Waals surface area contributed by atoms with E-state index in [2.05, 4.69) is 20.8 Å². The van der Waals surface area contributed by atoms with Crippen LogP contribution in [0.25, 0.3) is 0 Å². The second-order valence-electron chi connectivity index (χ2n) is 7.19. The zero-order valence-electron chi connectivity index (χ0n) is 14.0. The van der Waals surface area contributed by atoms with Gasteiger partial charge in [0.2, 0.25) is 0 Å². The van der Waals surface area contributed by atoms with Crippen molar-refractivity contribution in [2.24, 2.45) is 11.3 Å². The zero-order valence-corrected chi connectivity index (χ0v) is 14.0. The van der Waals surface area contributed by atoms with Crippen molar-refractivity contribution < 1.29 is 19.4 Å². The molecule has 1 amide bonds. The quantitative estimate of drug-likeness (QED) is 0.925. The van der Waals surface area contributed by atoms with E-state index in [-0.39, 0.29) is 17.9 Å². The highest BCUT2D eigenvalue weighted by atomic mass is 16.6. The first kappa shape index (κ1) is 17.3. The van der Waals surface area contributed by atoms with E-state index in [1.807, 2.05) is 30.3 Å². The predicted molar refractivity (Wildman–Crippen MR) is 86.9 cm³/mol. The van der Waals surface area contributed by atoms with Gasteiger partial charge in [0, 0.05) is 6.54 Å². The second-order valence-corrected chi connectivity index (χ2v) is 7.19. The van der Waals surface area contributed by atoms with Crippen LogP contribution >= 0.6 is 0 Å². The molecule has 1 aliphatic heterocycles. The number of likely N-dealkylation sites (tertiary alicyclic amines) is 1. The SMILES string of the molecule is CC(C)(C)[C@@H]1CC[C@H](C(=O)O)N(C(=O)OCc2ccccc2)C1. The highest BCUT2D eigenvalue weighted by Crippen LogP contribution is 2.35. The Morgan fingerprint density at radius 1 is 1.22 bits per heavy atom. The number of benzene rings is 1. The number of carbonyl (C=O) groups is 2. The molecular formula is C18H25NO4. The molecule has 1 aromatic carbocycles. The maximum atomic E-state index is 12.4. The Balaban J connectivity index is 2.05. The van der Waals surface area contributed by atoms with E-state index in [0.717, 1.165) is 12.0 Å². The lowest BCUT2D eigenvalue weighted by Gasteiger charge is -2.42.